The summed E-state index contributed by atoms with van der Waals surface area (Å²) in [5.41, 5.74) is 5.08. The third-order valence-electron chi connectivity index (χ3n) is 2.08. The monoisotopic (exact) mass is 199 g/mol. The van der Waals surface area contributed by atoms with Gasteiger partial charge < -0.3 is 11.1 Å². The van der Waals surface area contributed by atoms with Gasteiger partial charge in [0.15, 0.2) is 0 Å². The van der Waals surface area contributed by atoms with E-state index in [1.165, 1.54) is 0 Å². The predicted molar refractivity (Wildman–Crippen MR) is 48.0 cm³/mol. The molecule has 1 aliphatic rings. The minimum absolute atomic E-state index is 0.0401. The topological polar surface area (TPSA) is 92.5 Å². The number of likely N-dealkylation sites (N-methyl/N-ethyl adjacent to an activating group) is 1. The Morgan fingerprint density at radius 2 is 2.29 bits per heavy atom. The molecule has 6 nitrogen and oxygen atoms in total. The van der Waals surface area contributed by atoms with Crippen molar-refractivity contribution >= 4 is 17.7 Å². The molecule has 6 heteroatoms. The van der Waals surface area contributed by atoms with E-state index >= 15 is 0 Å². The molecule has 0 spiro atoms. The summed E-state index contributed by atoms with van der Waals surface area (Å²) in [5, 5.41) is 2.40. The van der Waals surface area contributed by atoms with Crippen molar-refractivity contribution in [2.45, 2.75) is 19.4 Å². The van der Waals surface area contributed by atoms with E-state index in [1.54, 1.807) is 6.92 Å². The van der Waals surface area contributed by atoms with Gasteiger partial charge in [-0.2, -0.15) is 0 Å². The Labute approximate surface area is 81.4 Å². The van der Waals surface area contributed by atoms with Gasteiger partial charge in [-0.15, -0.1) is 0 Å². The van der Waals surface area contributed by atoms with E-state index in [1.807, 2.05) is 0 Å². The average molecular weight is 199 g/mol. The molecule has 3 amide bonds. The second-order valence-corrected chi connectivity index (χ2v) is 3.00. The van der Waals surface area contributed by atoms with Crippen molar-refractivity contribution in [3.63, 3.8) is 0 Å². The van der Waals surface area contributed by atoms with E-state index in [0.29, 0.717) is 6.54 Å². The molecule has 0 aromatic rings. The van der Waals surface area contributed by atoms with E-state index < -0.39 is 11.9 Å². The quantitative estimate of drug-likeness (QED) is 0.525. The van der Waals surface area contributed by atoms with E-state index in [-0.39, 0.29) is 24.8 Å². The molecule has 0 bridgehead atoms. The molecule has 0 saturated carbocycles. The summed E-state index contributed by atoms with van der Waals surface area (Å²) in [5.74, 6) is -1.02. The maximum absolute atomic E-state index is 11.4. The summed E-state index contributed by atoms with van der Waals surface area (Å²) < 4.78 is 0. The zero-order chi connectivity index (χ0) is 10.7. The molecule has 1 rings (SSSR count). The van der Waals surface area contributed by atoms with Crippen LogP contribution in [0.1, 0.15) is 13.3 Å². The zero-order valence-corrected chi connectivity index (χ0v) is 7.95. The molecule has 1 atom stereocenters. The highest BCUT2D eigenvalue weighted by Crippen LogP contribution is 2.11. The van der Waals surface area contributed by atoms with Gasteiger partial charge in [-0.05, 0) is 6.92 Å². The second kappa shape index (κ2) is 4.19. The molecule has 14 heavy (non-hydrogen) atoms. The number of hydrogen-bond acceptors (Lipinski definition) is 4. The van der Waals surface area contributed by atoms with Crippen molar-refractivity contribution in [2.24, 2.45) is 5.73 Å². The molecule has 0 aromatic heterocycles. The Bertz CT molecular complexity index is 277. The van der Waals surface area contributed by atoms with Gasteiger partial charge in [0.1, 0.15) is 6.04 Å². The summed E-state index contributed by atoms with van der Waals surface area (Å²) in [6.07, 6.45) is 0.0401. The van der Waals surface area contributed by atoms with Crippen molar-refractivity contribution in [1.82, 2.24) is 10.2 Å². The number of nitrogens with zero attached hydrogens (tertiary/aromatic N) is 1. The summed E-state index contributed by atoms with van der Waals surface area (Å²) in [6.45, 7) is 1.87. The number of rotatable bonds is 3. The molecule has 0 aliphatic carbocycles. The number of likely N-dealkylation sites (tertiary alicyclic amines) is 1. The molecular formula is C8H13N3O3. The lowest BCUT2D eigenvalue weighted by atomic mass is 10.2. The predicted octanol–water partition coefficient (Wildman–Crippen LogP) is -1.79. The molecule has 0 aromatic carbocycles. The van der Waals surface area contributed by atoms with Crippen LogP contribution in [0.15, 0.2) is 0 Å². The number of carbonyl (C=O) groups is 3. The summed E-state index contributed by atoms with van der Waals surface area (Å²) in [6, 6.07) is -0.724. The van der Waals surface area contributed by atoms with Crippen LogP contribution in [0.3, 0.4) is 0 Å². The molecule has 1 unspecified atom stereocenters. The van der Waals surface area contributed by atoms with Gasteiger partial charge in [-0.25, -0.2) is 0 Å². The van der Waals surface area contributed by atoms with E-state index in [0.717, 1.165) is 4.90 Å². The number of hydrogen-bond donors (Lipinski definition) is 2. The molecule has 3 N–H and O–H groups in total. The fraction of sp³-hybridized carbons (Fsp3) is 0.625. The first-order valence-electron chi connectivity index (χ1n) is 4.43. The second-order valence-electron chi connectivity index (χ2n) is 3.00. The Hall–Kier alpha value is -1.43. The van der Waals surface area contributed by atoms with Crippen LogP contribution in [0, 0.1) is 0 Å². The first kappa shape index (κ1) is 10.6. The highest BCUT2D eigenvalue weighted by atomic mass is 16.2. The van der Waals surface area contributed by atoms with Crippen LogP contribution >= 0.6 is 0 Å². The maximum Gasteiger partial charge on any atom is 0.252 e. The van der Waals surface area contributed by atoms with Crippen LogP contribution in [0.25, 0.3) is 0 Å². The number of imide groups is 1. The van der Waals surface area contributed by atoms with Gasteiger partial charge in [-0.1, -0.05) is 0 Å². The summed E-state index contributed by atoms with van der Waals surface area (Å²) in [7, 11) is 0. The van der Waals surface area contributed by atoms with Crippen molar-refractivity contribution in [1.29, 1.82) is 0 Å². The standard InChI is InChI=1S/C8H13N3O3/c1-2-11-7(13)3-5(8(11)14)10-6(12)4-9/h5H,2-4,9H2,1H3,(H,10,12). The van der Waals surface area contributed by atoms with Crippen molar-refractivity contribution in [2.75, 3.05) is 13.1 Å². The van der Waals surface area contributed by atoms with Crippen LogP contribution in [0.2, 0.25) is 0 Å². The van der Waals surface area contributed by atoms with E-state index in [2.05, 4.69) is 5.32 Å². The zero-order valence-electron chi connectivity index (χ0n) is 7.95. The third kappa shape index (κ3) is 1.90. The Balaban J connectivity index is 2.62. The van der Waals surface area contributed by atoms with Crippen LogP contribution in [-0.2, 0) is 14.4 Å². The summed E-state index contributed by atoms with van der Waals surface area (Å²) in [4.78, 5) is 34.7. The highest BCUT2D eigenvalue weighted by Gasteiger charge is 2.37. The van der Waals surface area contributed by atoms with Gasteiger partial charge in [-0.3, -0.25) is 19.3 Å². The summed E-state index contributed by atoms with van der Waals surface area (Å²) >= 11 is 0. The van der Waals surface area contributed by atoms with Gasteiger partial charge in [0.25, 0.3) is 5.91 Å². The van der Waals surface area contributed by atoms with Gasteiger partial charge in [0, 0.05) is 6.54 Å². The smallest absolute Gasteiger partial charge is 0.252 e. The largest absolute Gasteiger partial charge is 0.343 e. The number of nitrogens with one attached hydrogen (secondary N) is 1. The van der Waals surface area contributed by atoms with E-state index in [4.69, 9.17) is 5.73 Å². The normalized spacial score (nSPS) is 21.6. The highest BCUT2D eigenvalue weighted by molar-refractivity contribution is 6.06. The lowest BCUT2D eigenvalue weighted by Gasteiger charge is -2.12. The van der Waals surface area contributed by atoms with Crippen molar-refractivity contribution < 1.29 is 14.4 Å². The van der Waals surface area contributed by atoms with Crippen LogP contribution in [-0.4, -0.2) is 41.8 Å². The van der Waals surface area contributed by atoms with Crippen LogP contribution in [0.4, 0.5) is 0 Å². The molecule has 1 fully saturated rings. The molecular weight excluding hydrogens is 186 g/mol. The first-order valence-corrected chi connectivity index (χ1v) is 4.43. The van der Waals surface area contributed by atoms with E-state index in [9.17, 15) is 14.4 Å². The fourth-order valence-corrected chi connectivity index (χ4v) is 1.38. The maximum atomic E-state index is 11.4. The molecule has 1 saturated heterocycles. The molecule has 1 heterocycles. The van der Waals surface area contributed by atoms with Gasteiger partial charge in [0.2, 0.25) is 11.8 Å². The van der Waals surface area contributed by atoms with Crippen LogP contribution < -0.4 is 11.1 Å². The molecule has 78 valence electrons. The Kier molecular flexibility index (Phi) is 3.19. The molecule has 0 radical (unpaired) electrons. The lowest BCUT2D eigenvalue weighted by molar-refractivity contribution is -0.139. The lowest BCUT2D eigenvalue weighted by Crippen LogP contribution is -2.43. The van der Waals surface area contributed by atoms with Crippen molar-refractivity contribution in [3.05, 3.63) is 0 Å². The molecule has 1 aliphatic heterocycles. The Morgan fingerprint density at radius 3 is 2.71 bits per heavy atom. The fourth-order valence-electron chi connectivity index (χ4n) is 1.38. The first-order chi connectivity index (χ1) is 6.60. The number of nitrogens with two attached hydrogens (primary N) is 1. The van der Waals surface area contributed by atoms with Crippen molar-refractivity contribution in [3.8, 4) is 0 Å². The van der Waals surface area contributed by atoms with Gasteiger partial charge >= 0.3 is 0 Å². The minimum Gasteiger partial charge on any atom is -0.343 e. The Morgan fingerprint density at radius 1 is 1.64 bits per heavy atom. The van der Waals surface area contributed by atoms with Gasteiger partial charge in [0.05, 0.1) is 13.0 Å². The number of carbonyl (C=O) groups excluding carboxylic acids is 3. The third-order valence-corrected chi connectivity index (χ3v) is 2.08. The number of amides is 3. The van der Waals surface area contributed by atoms with Crippen LogP contribution in [0.5, 0.6) is 0 Å². The minimum atomic E-state index is -0.724. The average Bonchev–Trinajstić information content (AvgIpc) is 2.42. The SMILES string of the molecule is CCN1C(=O)CC(NC(=O)CN)C1=O.